The molecule has 0 atom stereocenters. The standard InChI is InChI=1S/C20H25ClN6O2/c1-3-7-27-16(22-18-17(27)19(28)23-20(29)24(18)2)13-25-8-10-26(11-9-25)15-6-4-5-14(21)12-15/h4-6,12H,3,7-11,13H2,1-2H3,(H,23,28,29)/p+1. The topological polar surface area (TPSA) is 80.4 Å². The van der Waals surface area contributed by atoms with Gasteiger partial charge in [0.1, 0.15) is 6.54 Å². The lowest BCUT2D eigenvalue weighted by atomic mass is 10.2. The smallest absolute Gasteiger partial charge is 0.329 e. The molecule has 8 nitrogen and oxygen atoms in total. The van der Waals surface area contributed by atoms with E-state index in [1.165, 1.54) is 9.47 Å². The predicted octanol–water partition coefficient (Wildman–Crippen LogP) is 0.392. The van der Waals surface area contributed by atoms with E-state index in [9.17, 15) is 9.59 Å². The molecule has 0 spiro atoms. The van der Waals surface area contributed by atoms with Crippen molar-refractivity contribution in [3.8, 4) is 0 Å². The summed E-state index contributed by atoms with van der Waals surface area (Å²) in [5.74, 6) is 0.861. The number of rotatable bonds is 5. The minimum absolute atomic E-state index is 0.365. The van der Waals surface area contributed by atoms with Gasteiger partial charge >= 0.3 is 5.69 Å². The maximum absolute atomic E-state index is 12.4. The predicted molar refractivity (Wildman–Crippen MR) is 114 cm³/mol. The monoisotopic (exact) mass is 417 g/mol. The van der Waals surface area contributed by atoms with Gasteiger partial charge in [0.15, 0.2) is 17.0 Å². The van der Waals surface area contributed by atoms with Crippen molar-refractivity contribution in [2.75, 3.05) is 31.1 Å². The number of nitrogens with one attached hydrogen (secondary N) is 2. The molecule has 2 aromatic heterocycles. The lowest BCUT2D eigenvalue weighted by Crippen LogP contribution is -3.13. The first-order valence-electron chi connectivity index (χ1n) is 10.0. The molecule has 9 heteroatoms. The van der Waals surface area contributed by atoms with E-state index < -0.39 is 5.69 Å². The Kier molecular flexibility index (Phi) is 5.47. The van der Waals surface area contributed by atoms with Crippen LogP contribution in [0.25, 0.3) is 11.2 Å². The third-order valence-electron chi connectivity index (χ3n) is 5.59. The molecule has 3 aromatic rings. The van der Waals surface area contributed by atoms with E-state index in [1.54, 1.807) is 7.05 Å². The molecule has 0 saturated carbocycles. The maximum Gasteiger partial charge on any atom is 0.329 e. The molecule has 154 valence electrons. The summed E-state index contributed by atoms with van der Waals surface area (Å²) in [5.41, 5.74) is 1.30. The molecule has 2 N–H and O–H groups in total. The van der Waals surface area contributed by atoms with Gasteiger partial charge in [-0.3, -0.25) is 14.3 Å². The number of fused-ring (bicyclic) bond motifs is 1. The third kappa shape index (κ3) is 3.82. The van der Waals surface area contributed by atoms with Crippen molar-refractivity contribution in [1.82, 2.24) is 19.1 Å². The molecule has 0 amide bonds. The summed E-state index contributed by atoms with van der Waals surface area (Å²) >= 11 is 6.13. The van der Waals surface area contributed by atoms with Gasteiger partial charge in [0.25, 0.3) is 5.56 Å². The lowest BCUT2D eigenvalue weighted by molar-refractivity contribution is -0.915. The van der Waals surface area contributed by atoms with Crippen molar-refractivity contribution in [3.63, 3.8) is 0 Å². The second-order valence-electron chi connectivity index (χ2n) is 7.56. The van der Waals surface area contributed by atoms with Crippen molar-refractivity contribution < 1.29 is 4.90 Å². The normalized spacial score (nSPS) is 15.3. The molecule has 29 heavy (non-hydrogen) atoms. The van der Waals surface area contributed by atoms with Gasteiger partial charge in [0.2, 0.25) is 0 Å². The first-order chi connectivity index (χ1) is 14.0. The molecule has 3 heterocycles. The fourth-order valence-electron chi connectivity index (χ4n) is 4.03. The quantitative estimate of drug-likeness (QED) is 0.629. The Balaban J connectivity index is 1.56. The van der Waals surface area contributed by atoms with Crippen LogP contribution in [-0.2, 0) is 20.1 Å². The zero-order valence-electron chi connectivity index (χ0n) is 16.7. The van der Waals surface area contributed by atoms with E-state index in [2.05, 4.69) is 27.9 Å². The molecule has 1 aliphatic rings. The van der Waals surface area contributed by atoms with Crippen LogP contribution in [-0.4, -0.2) is 45.3 Å². The number of nitrogens with zero attached hydrogens (tertiary/aromatic N) is 4. The SMILES string of the molecule is CCCn1c(C[NH+]2CCN(c3cccc(Cl)c3)CC2)nc2c1c(=O)[nH]c(=O)n2C. The van der Waals surface area contributed by atoms with Crippen LogP contribution in [0.2, 0.25) is 5.02 Å². The maximum atomic E-state index is 12.4. The highest BCUT2D eigenvalue weighted by atomic mass is 35.5. The van der Waals surface area contributed by atoms with Crippen LogP contribution in [0.3, 0.4) is 0 Å². The van der Waals surface area contributed by atoms with Gasteiger partial charge in [-0.05, 0) is 24.6 Å². The zero-order valence-corrected chi connectivity index (χ0v) is 17.5. The number of aromatic nitrogens is 4. The van der Waals surface area contributed by atoms with Crippen LogP contribution in [0.15, 0.2) is 33.9 Å². The van der Waals surface area contributed by atoms with Gasteiger partial charge < -0.3 is 14.4 Å². The average Bonchev–Trinajstić information content (AvgIpc) is 3.06. The molecule has 0 aliphatic carbocycles. The van der Waals surface area contributed by atoms with E-state index in [4.69, 9.17) is 11.6 Å². The Morgan fingerprint density at radius 3 is 2.69 bits per heavy atom. The number of anilines is 1. The van der Waals surface area contributed by atoms with Gasteiger partial charge in [-0.1, -0.05) is 24.6 Å². The Morgan fingerprint density at radius 1 is 1.24 bits per heavy atom. The lowest BCUT2D eigenvalue weighted by Gasteiger charge is -2.33. The van der Waals surface area contributed by atoms with Crippen molar-refractivity contribution in [2.45, 2.75) is 26.4 Å². The minimum atomic E-state index is -0.433. The van der Waals surface area contributed by atoms with Crippen molar-refractivity contribution in [2.24, 2.45) is 7.05 Å². The zero-order chi connectivity index (χ0) is 20.5. The van der Waals surface area contributed by atoms with Crippen LogP contribution < -0.4 is 21.0 Å². The van der Waals surface area contributed by atoms with Crippen molar-refractivity contribution >= 4 is 28.5 Å². The van der Waals surface area contributed by atoms with E-state index in [1.807, 2.05) is 22.8 Å². The summed E-state index contributed by atoms with van der Waals surface area (Å²) in [6.45, 7) is 7.31. The van der Waals surface area contributed by atoms with Gasteiger partial charge in [0, 0.05) is 24.3 Å². The molecule has 1 aromatic carbocycles. The fraction of sp³-hybridized carbons (Fsp3) is 0.450. The summed E-state index contributed by atoms with van der Waals surface area (Å²) in [7, 11) is 1.64. The van der Waals surface area contributed by atoms with Crippen LogP contribution >= 0.6 is 11.6 Å². The number of benzene rings is 1. The number of halogens is 1. The molecule has 1 aliphatic heterocycles. The molecular weight excluding hydrogens is 392 g/mol. The number of aryl methyl sites for hydroxylation is 2. The van der Waals surface area contributed by atoms with Crippen LogP contribution in [0.5, 0.6) is 0 Å². The number of aromatic amines is 1. The highest BCUT2D eigenvalue weighted by Gasteiger charge is 2.24. The number of hydrogen-bond acceptors (Lipinski definition) is 4. The summed E-state index contributed by atoms with van der Waals surface area (Å²) in [6.07, 6.45) is 0.888. The van der Waals surface area contributed by atoms with Crippen LogP contribution in [0.4, 0.5) is 5.69 Å². The van der Waals surface area contributed by atoms with Gasteiger partial charge in [0.05, 0.1) is 26.2 Å². The van der Waals surface area contributed by atoms with E-state index >= 15 is 0 Å². The van der Waals surface area contributed by atoms with Crippen LogP contribution in [0.1, 0.15) is 19.2 Å². The van der Waals surface area contributed by atoms with Gasteiger partial charge in [-0.15, -0.1) is 0 Å². The minimum Gasteiger partial charge on any atom is -0.360 e. The Morgan fingerprint density at radius 2 is 2.00 bits per heavy atom. The van der Waals surface area contributed by atoms with Gasteiger partial charge in [-0.25, -0.2) is 9.78 Å². The van der Waals surface area contributed by atoms with Gasteiger partial charge in [-0.2, -0.15) is 0 Å². The summed E-state index contributed by atoms with van der Waals surface area (Å²) in [5, 5.41) is 0.751. The first kappa shape index (κ1) is 19.7. The second-order valence-corrected chi connectivity index (χ2v) is 8.00. The van der Waals surface area contributed by atoms with E-state index in [0.717, 1.165) is 55.7 Å². The molecular formula is C20H26ClN6O2+. The molecule has 1 fully saturated rings. The Hall–Kier alpha value is -2.58. The molecule has 0 bridgehead atoms. The Labute approximate surface area is 173 Å². The largest absolute Gasteiger partial charge is 0.360 e. The molecule has 1 saturated heterocycles. The second kappa shape index (κ2) is 8.04. The van der Waals surface area contributed by atoms with Crippen molar-refractivity contribution in [3.05, 3.63) is 56.0 Å². The van der Waals surface area contributed by atoms with Crippen LogP contribution in [0, 0.1) is 0 Å². The highest BCUT2D eigenvalue weighted by Crippen LogP contribution is 2.19. The fourth-order valence-corrected chi connectivity index (χ4v) is 4.22. The number of H-pyrrole nitrogens is 1. The number of imidazole rings is 1. The summed E-state index contributed by atoms with van der Waals surface area (Å²) in [4.78, 5) is 35.2. The number of hydrogen-bond donors (Lipinski definition) is 2. The van der Waals surface area contributed by atoms with E-state index in [-0.39, 0.29) is 5.56 Å². The number of piperazine rings is 1. The average molecular weight is 418 g/mol. The van der Waals surface area contributed by atoms with Crippen molar-refractivity contribution in [1.29, 1.82) is 0 Å². The summed E-state index contributed by atoms with van der Waals surface area (Å²) in [6, 6.07) is 7.95. The Bertz CT molecular complexity index is 1140. The first-order valence-corrected chi connectivity index (χ1v) is 10.4. The molecule has 0 radical (unpaired) electrons. The number of quaternary nitrogens is 1. The highest BCUT2D eigenvalue weighted by molar-refractivity contribution is 6.30. The molecule has 0 unspecified atom stereocenters. The molecule has 4 rings (SSSR count). The third-order valence-corrected chi connectivity index (χ3v) is 5.82. The van der Waals surface area contributed by atoms with E-state index in [0.29, 0.717) is 17.7 Å². The summed E-state index contributed by atoms with van der Waals surface area (Å²) < 4.78 is 3.39.